The number of anilines is 2. The molecule has 5 heteroatoms. The Morgan fingerprint density at radius 2 is 2.04 bits per heavy atom. The van der Waals surface area contributed by atoms with Crippen molar-refractivity contribution < 1.29 is 9.59 Å². The van der Waals surface area contributed by atoms with Crippen molar-refractivity contribution in [1.29, 1.82) is 0 Å². The second kappa shape index (κ2) is 6.60. The highest BCUT2D eigenvalue weighted by Crippen LogP contribution is 2.26. The lowest BCUT2D eigenvalue weighted by Crippen LogP contribution is -2.28. The van der Waals surface area contributed by atoms with E-state index in [0.29, 0.717) is 12.4 Å². The van der Waals surface area contributed by atoms with Crippen molar-refractivity contribution in [3.63, 3.8) is 0 Å². The molecule has 2 aromatic rings. The van der Waals surface area contributed by atoms with Gasteiger partial charge in [0.05, 0.1) is 5.92 Å². The Bertz CT molecular complexity index is 698. The van der Waals surface area contributed by atoms with Crippen LogP contribution in [0.2, 0.25) is 0 Å². The van der Waals surface area contributed by atoms with Gasteiger partial charge in [-0.1, -0.05) is 25.1 Å². The van der Waals surface area contributed by atoms with Crippen LogP contribution in [-0.2, 0) is 16.0 Å². The number of amides is 2. The summed E-state index contributed by atoms with van der Waals surface area (Å²) in [6.45, 7) is 2.50. The molecule has 2 amide bonds. The van der Waals surface area contributed by atoms with Crippen LogP contribution in [0.1, 0.15) is 18.9 Å². The van der Waals surface area contributed by atoms with Crippen molar-refractivity contribution in [2.45, 2.75) is 19.8 Å². The molecule has 1 unspecified atom stereocenters. The molecule has 0 aliphatic carbocycles. The average molecular weight is 309 g/mol. The molecule has 2 heterocycles. The van der Waals surface area contributed by atoms with E-state index in [2.05, 4.69) is 17.2 Å². The normalized spacial score (nSPS) is 17.3. The lowest BCUT2D eigenvalue weighted by Gasteiger charge is -2.17. The first-order chi connectivity index (χ1) is 11.2. The second-order valence-electron chi connectivity index (χ2n) is 5.63. The minimum absolute atomic E-state index is 0.0181. The standard InChI is InChI=1S/C18H19N3O2/c1-2-13-6-8-15(9-7-13)21-12-14(11-17(21)22)18(23)20-16-5-3-4-10-19-16/h3-10,14H,2,11-12H2,1H3,(H,19,20,23). The van der Waals surface area contributed by atoms with E-state index in [0.717, 1.165) is 12.1 Å². The molecule has 0 spiro atoms. The van der Waals surface area contributed by atoms with Crippen molar-refractivity contribution >= 4 is 23.3 Å². The van der Waals surface area contributed by atoms with E-state index in [4.69, 9.17) is 0 Å². The fraction of sp³-hybridized carbons (Fsp3) is 0.278. The van der Waals surface area contributed by atoms with Gasteiger partial charge in [0.25, 0.3) is 0 Å². The van der Waals surface area contributed by atoms with Crippen LogP contribution in [0.25, 0.3) is 0 Å². The zero-order chi connectivity index (χ0) is 16.2. The molecule has 1 aromatic heterocycles. The maximum Gasteiger partial charge on any atom is 0.230 e. The van der Waals surface area contributed by atoms with Crippen LogP contribution in [0, 0.1) is 5.92 Å². The maximum atomic E-state index is 12.3. The Morgan fingerprint density at radius 3 is 2.70 bits per heavy atom. The van der Waals surface area contributed by atoms with Gasteiger partial charge in [-0.3, -0.25) is 9.59 Å². The van der Waals surface area contributed by atoms with Crippen molar-refractivity contribution in [3.8, 4) is 0 Å². The molecule has 5 nitrogen and oxygen atoms in total. The molecule has 1 N–H and O–H groups in total. The molecule has 3 rings (SSSR count). The minimum Gasteiger partial charge on any atom is -0.312 e. The lowest BCUT2D eigenvalue weighted by molar-refractivity contribution is -0.122. The average Bonchev–Trinajstić information content (AvgIpc) is 2.98. The smallest absolute Gasteiger partial charge is 0.230 e. The molecule has 0 radical (unpaired) electrons. The fourth-order valence-corrected chi connectivity index (χ4v) is 2.71. The van der Waals surface area contributed by atoms with E-state index in [9.17, 15) is 9.59 Å². The number of hydrogen-bond donors (Lipinski definition) is 1. The van der Waals surface area contributed by atoms with Gasteiger partial charge in [0, 0.05) is 24.8 Å². The summed E-state index contributed by atoms with van der Waals surface area (Å²) in [4.78, 5) is 30.3. The van der Waals surface area contributed by atoms with Gasteiger partial charge < -0.3 is 10.2 Å². The third kappa shape index (κ3) is 3.39. The van der Waals surface area contributed by atoms with Crippen molar-refractivity contribution in [1.82, 2.24) is 4.98 Å². The molecule has 0 bridgehead atoms. The van der Waals surface area contributed by atoms with E-state index in [1.54, 1.807) is 23.2 Å². The van der Waals surface area contributed by atoms with E-state index in [1.807, 2.05) is 30.3 Å². The van der Waals surface area contributed by atoms with Crippen LogP contribution >= 0.6 is 0 Å². The van der Waals surface area contributed by atoms with Crippen LogP contribution in [0.5, 0.6) is 0 Å². The summed E-state index contributed by atoms with van der Waals surface area (Å²) in [7, 11) is 0. The van der Waals surface area contributed by atoms with Gasteiger partial charge in [-0.15, -0.1) is 0 Å². The maximum absolute atomic E-state index is 12.3. The van der Waals surface area contributed by atoms with Crippen LogP contribution in [0.3, 0.4) is 0 Å². The number of nitrogens with zero attached hydrogens (tertiary/aromatic N) is 2. The quantitative estimate of drug-likeness (QED) is 0.944. The van der Waals surface area contributed by atoms with Crippen molar-refractivity contribution in [2.24, 2.45) is 5.92 Å². The Hall–Kier alpha value is -2.69. The number of aromatic nitrogens is 1. The Kier molecular flexibility index (Phi) is 4.37. The number of benzene rings is 1. The highest BCUT2D eigenvalue weighted by Gasteiger charge is 2.35. The molecule has 1 aromatic carbocycles. The predicted octanol–water partition coefficient (Wildman–Crippen LogP) is 2.64. The third-order valence-electron chi connectivity index (χ3n) is 4.07. The summed E-state index contributed by atoms with van der Waals surface area (Å²) < 4.78 is 0. The number of pyridine rings is 1. The molecule has 118 valence electrons. The topological polar surface area (TPSA) is 62.3 Å². The zero-order valence-corrected chi connectivity index (χ0v) is 13.0. The number of nitrogens with one attached hydrogen (secondary N) is 1. The summed E-state index contributed by atoms with van der Waals surface area (Å²) in [5, 5.41) is 2.77. The first-order valence-electron chi connectivity index (χ1n) is 7.78. The summed E-state index contributed by atoms with van der Waals surface area (Å²) in [5.41, 5.74) is 2.07. The number of carbonyl (C=O) groups excluding carboxylic acids is 2. The predicted molar refractivity (Wildman–Crippen MR) is 89.1 cm³/mol. The number of aryl methyl sites for hydroxylation is 1. The van der Waals surface area contributed by atoms with Crippen molar-refractivity contribution in [3.05, 3.63) is 54.2 Å². The van der Waals surface area contributed by atoms with E-state index in [-0.39, 0.29) is 24.2 Å². The number of rotatable bonds is 4. The fourth-order valence-electron chi connectivity index (χ4n) is 2.71. The van der Waals surface area contributed by atoms with Crippen LogP contribution in [-0.4, -0.2) is 23.3 Å². The number of hydrogen-bond acceptors (Lipinski definition) is 3. The van der Waals surface area contributed by atoms with E-state index < -0.39 is 0 Å². The molecule has 1 saturated heterocycles. The molecular formula is C18H19N3O2. The molecule has 0 saturated carbocycles. The Labute approximate surface area is 135 Å². The lowest BCUT2D eigenvalue weighted by atomic mass is 10.1. The Morgan fingerprint density at radius 1 is 1.26 bits per heavy atom. The molecule has 1 aliphatic rings. The van der Waals surface area contributed by atoms with Crippen LogP contribution in [0.4, 0.5) is 11.5 Å². The third-order valence-corrected chi connectivity index (χ3v) is 4.07. The molecule has 1 aliphatic heterocycles. The van der Waals surface area contributed by atoms with Crippen LogP contribution in [0.15, 0.2) is 48.7 Å². The molecule has 1 atom stereocenters. The summed E-state index contributed by atoms with van der Waals surface area (Å²) in [5.74, 6) is -0.0220. The van der Waals surface area contributed by atoms with Gasteiger partial charge in [-0.2, -0.15) is 0 Å². The highest BCUT2D eigenvalue weighted by atomic mass is 16.2. The highest BCUT2D eigenvalue weighted by molar-refractivity contribution is 6.03. The first-order valence-corrected chi connectivity index (χ1v) is 7.78. The minimum atomic E-state index is -0.352. The van der Waals surface area contributed by atoms with Gasteiger partial charge in [-0.25, -0.2) is 4.98 Å². The zero-order valence-electron chi connectivity index (χ0n) is 13.0. The largest absolute Gasteiger partial charge is 0.312 e. The molecular weight excluding hydrogens is 290 g/mol. The van der Waals surface area contributed by atoms with E-state index in [1.165, 1.54) is 5.56 Å². The molecule has 1 fully saturated rings. The summed E-state index contributed by atoms with van der Waals surface area (Å²) in [6, 6.07) is 13.2. The van der Waals surface area contributed by atoms with Gasteiger partial charge in [0.2, 0.25) is 11.8 Å². The van der Waals surface area contributed by atoms with Crippen molar-refractivity contribution in [2.75, 3.05) is 16.8 Å². The van der Waals surface area contributed by atoms with E-state index >= 15 is 0 Å². The van der Waals surface area contributed by atoms with Gasteiger partial charge in [0.1, 0.15) is 5.82 Å². The van der Waals surface area contributed by atoms with Crippen LogP contribution < -0.4 is 10.2 Å². The molecule has 23 heavy (non-hydrogen) atoms. The van der Waals surface area contributed by atoms with Gasteiger partial charge in [-0.05, 0) is 36.2 Å². The van der Waals surface area contributed by atoms with Gasteiger partial charge in [0.15, 0.2) is 0 Å². The summed E-state index contributed by atoms with van der Waals surface area (Å²) in [6.07, 6.45) is 2.81. The second-order valence-corrected chi connectivity index (χ2v) is 5.63. The SMILES string of the molecule is CCc1ccc(N2CC(C(=O)Nc3ccccn3)CC2=O)cc1. The van der Waals surface area contributed by atoms with Gasteiger partial charge >= 0.3 is 0 Å². The monoisotopic (exact) mass is 309 g/mol. The summed E-state index contributed by atoms with van der Waals surface area (Å²) >= 11 is 0. The first kappa shape index (κ1) is 15.2. The number of carbonyl (C=O) groups is 2. The Balaban J connectivity index is 1.67.